The van der Waals surface area contributed by atoms with Gasteiger partial charge in [-0.25, -0.2) is 0 Å². The van der Waals surface area contributed by atoms with Crippen molar-refractivity contribution in [2.45, 2.75) is 51.4 Å². The normalized spacial score (nSPS) is 14.9. The molecular weight excluding hydrogens is 358 g/mol. The van der Waals surface area contributed by atoms with E-state index in [2.05, 4.69) is 14.9 Å². The van der Waals surface area contributed by atoms with E-state index in [-0.39, 0.29) is 17.8 Å². The van der Waals surface area contributed by atoms with Crippen LogP contribution in [0.15, 0.2) is 28.8 Å². The minimum atomic E-state index is -0.224. The third-order valence-electron chi connectivity index (χ3n) is 5.20. The number of benzene rings is 1. The summed E-state index contributed by atoms with van der Waals surface area (Å²) in [6, 6.07) is 8.04. The van der Waals surface area contributed by atoms with E-state index in [1.807, 2.05) is 36.1 Å². The maximum atomic E-state index is 12.3. The van der Waals surface area contributed by atoms with Crippen molar-refractivity contribution in [1.82, 2.24) is 15.0 Å². The van der Waals surface area contributed by atoms with Gasteiger partial charge in [-0.1, -0.05) is 35.0 Å². The van der Waals surface area contributed by atoms with Crippen LogP contribution in [-0.2, 0) is 14.3 Å². The van der Waals surface area contributed by atoms with Crippen LogP contribution in [0.1, 0.15) is 55.9 Å². The molecule has 0 spiro atoms. The molecule has 1 fully saturated rings. The third-order valence-corrected chi connectivity index (χ3v) is 5.20. The predicted octanol–water partition coefficient (Wildman–Crippen LogP) is 3.48. The smallest absolute Gasteiger partial charge is 0.305 e. The molecule has 1 amide bonds. The lowest BCUT2D eigenvalue weighted by Crippen LogP contribution is -2.37. The Labute approximate surface area is 165 Å². The number of esters is 1. The molecule has 150 valence electrons. The second-order valence-corrected chi connectivity index (χ2v) is 7.26. The van der Waals surface area contributed by atoms with Crippen LogP contribution in [0, 0.1) is 6.92 Å². The van der Waals surface area contributed by atoms with Crippen molar-refractivity contribution in [2.75, 3.05) is 20.2 Å². The summed E-state index contributed by atoms with van der Waals surface area (Å²) in [5.41, 5.74) is 2.13. The Balaban J connectivity index is 1.45. The van der Waals surface area contributed by atoms with Crippen molar-refractivity contribution < 1.29 is 18.8 Å². The molecule has 0 radical (unpaired) electrons. The average Bonchev–Trinajstić information content (AvgIpc) is 3.21. The SMILES string of the molecule is COC(=O)CCCCC(=O)N1CCC(c2nc(-c3ccc(C)cc3)no2)CC1. The fourth-order valence-electron chi connectivity index (χ4n) is 3.40. The molecule has 0 aliphatic carbocycles. The number of rotatable bonds is 7. The van der Waals surface area contributed by atoms with Crippen molar-refractivity contribution in [1.29, 1.82) is 0 Å². The summed E-state index contributed by atoms with van der Waals surface area (Å²) in [6.45, 7) is 3.44. The van der Waals surface area contributed by atoms with Gasteiger partial charge in [-0.05, 0) is 32.6 Å². The lowest BCUT2D eigenvalue weighted by molar-refractivity contribution is -0.141. The molecule has 0 atom stereocenters. The fraction of sp³-hybridized carbons (Fsp3) is 0.524. The first-order valence-corrected chi connectivity index (χ1v) is 9.82. The number of methoxy groups -OCH3 is 1. The van der Waals surface area contributed by atoms with Gasteiger partial charge in [0.25, 0.3) is 0 Å². The standard InChI is InChI=1S/C21H27N3O4/c1-15-7-9-16(10-8-15)20-22-21(28-23-20)17-11-13-24(14-12-17)18(25)5-3-4-6-19(26)27-2/h7-10,17H,3-6,11-14H2,1-2H3. The van der Waals surface area contributed by atoms with Gasteiger partial charge >= 0.3 is 5.97 Å². The molecule has 2 aromatic rings. The number of nitrogens with zero attached hydrogens (tertiary/aromatic N) is 3. The zero-order valence-electron chi connectivity index (χ0n) is 16.5. The summed E-state index contributed by atoms with van der Waals surface area (Å²) in [5.74, 6) is 1.38. The molecule has 7 heteroatoms. The highest BCUT2D eigenvalue weighted by Crippen LogP contribution is 2.29. The molecule has 0 unspecified atom stereocenters. The number of unbranched alkanes of at least 4 members (excludes halogenated alkanes) is 1. The molecule has 1 saturated heterocycles. The van der Waals surface area contributed by atoms with Crippen LogP contribution in [-0.4, -0.2) is 47.1 Å². The summed E-state index contributed by atoms with van der Waals surface area (Å²) in [4.78, 5) is 29.9. The first kappa shape index (κ1) is 20.0. The molecule has 2 heterocycles. The number of hydrogen-bond donors (Lipinski definition) is 0. The van der Waals surface area contributed by atoms with Crippen LogP contribution in [0.25, 0.3) is 11.4 Å². The molecule has 28 heavy (non-hydrogen) atoms. The summed E-state index contributed by atoms with van der Waals surface area (Å²) < 4.78 is 10.1. The quantitative estimate of drug-likeness (QED) is 0.536. The van der Waals surface area contributed by atoms with E-state index in [0.717, 1.165) is 18.4 Å². The van der Waals surface area contributed by atoms with Crippen molar-refractivity contribution in [2.24, 2.45) is 0 Å². The minimum absolute atomic E-state index is 0.147. The molecule has 0 bridgehead atoms. The number of piperidine rings is 1. The number of amides is 1. The van der Waals surface area contributed by atoms with Crippen molar-refractivity contribution >= 4 is 11.9 Å². The first-order chi connectivity index (χ1) is 13.6. The summed E-state index contributed by atoms with van der Waals surface area (Å²) in [7, 11) is 1.38. The van der Waals surface area contributed by atoms with Crippen LogP contribution >= 0.6 is 0 Å². The Morgan fingerprint density at radius 3 is 2.50 bits per heavy atom. The molecular formula is C21H27N3O4. The molecule has 1 aromatic carbocycles. The zero-order valence-corrected chi connectivity index (χ0v) is 16.5. The number of ether oxygens (including phenoxy) is 1. The Hall–Kier alpha value is -2.70. The van der Waals surface area contributed by atoms with E-state index in [4.69, 9.17) is 4.52 Å². The second kappa shape index (κ2) is 9.48. The predicted molar refractivity (Wildman–Crippen MR) is 104 cm³/mol. The maximum Gasteiger partial charge on any atom is 0.305 e. The van der Waals surface area contributed by atoms with Crippen molar-refractivity contribution in [3.05, 3.63) is 35.7 Å². The second-order valence-electron chi connectivity index (χ2n) is 7.26. The Morgan fingerprint density at radius 1 is 1.14 bits per heavy atom. The van der Waals surface area contributed by atoms with Gasteiger partial charge < -0.3 is 14.2 Å². The van der Waals surface area contributed by atoms with Crippen LogP contribution in [0.2, 0.25) is 0 Å². The van der Waals surface area contributed by atoms with E-state index in [0.29, 0.717) is 50.5 Å². The Bertz CT molecular complexity index is 792. The van der Waals surface area contributed by atoms with Gasteiger partial charge in [0.1, 0.15) is 0 Å². The van der Waals surface area contributed by atoms with Gasteiger partial charge in [0, 0.05) is 37.4 Å². The number of carbonyl (C=O) groups excluding carboxylic acids is 2. The summed E-state index contributed by atoms with van der Waals surface area (Å²) in [6.07, 6.45) is 3.87. The third kappa shape index (κ3) is 5.18. The monoisotopic (exact) mass is 385 g/mol. The van der Waals surface area contributed by atoms with Crippen LogP contribution in [0.5, 0.6) is 0 Å². The molecule has 1 aliphatic rings. The van der Waals surface area contributed by atoms with Crippen LogP contribution in [0.3, 0.4) is 0 Å². The highest BCUT2D eigenvalue weighted by molar-refractivity contribution is 5.76. The molecule has 1 aromatic heterocycles. The van der Waals surface area contributed by atoms with Crippen molar-refractivity contribution in [3.8, 4) is 11.4 Å². The molecule has 0 saturated carbocycles. The maximum absolute atomic E-state index is 12.3. The van der Waals surface area contributed by atoms with Crippen molar-refractivity contribution in [3.63, 3.8) is 0 Å². The lowest BCUT2D eigenvalue weighted by atomic mass is 9.96. The summed E-state index contributed by atoms with van der Waals surface area (Å²) >= 11 is 0. The van der Waals surface area contributed by atoms with E-state index in [9.17, 15) is 9.59 Å². The lowest BCUT2D eigenvalue weighted by Gasteiger charge is -2.30. The fourth-order valence-corrected chi connectivity index (χ4v) is 3.40. The Morgan fingerprint density at radius 2 is 1.82 bits per heavy atom. The van der Waals surface area contributed by atoms with Gasteiger partial charge in [-0.15, -0.1) is 0 Å². The first-order valence-electron chi connectivity index (χ1n) is 9.82. The van der Waals surface area contributed by atoms with Gasteiger partial charge in [0.05, 0.1) is 7.11 Å². The summed E-state index contributed by atoms with van der Waals surface area (Å²) in [5, 5.41) is 4.11. The molecule has 0 N–H and O–H groups in total. The van der Waals surface area contributed by atoms with Gasteiger partial charge in [0.2, 0.25) is 17.6 Å². The topological polar surface area (TPSA) is 85.5 Å². The molecule has 7 nitrogen and oxygen atoms in total. The largest absolute Gasteiger partial charge is 0.469 e. The highest BCUT2D eigenvalue weighted by atomic mass is 16.5. The van der Waals surface area contributed by atoms with Gasteiger partial charge in [-0.3, -0.25) is 9.59 Å². The molecule has 1 aliphatic heterocycles. The number of aryl methyl sites for hydroxylation is 1. The van der Waals surface area contributed by atoms with Crippen LogP contribution < -0.4 is 0 Å². The van der Waals surface area contributed by atoms with E-state index >= 15 is 0 Å². The molecule has 3 rings (SSSR count). The van der Waals surface area contributed by atoms with Gasteiger partial charge in [-0.2, -0.15) is 4.98 Å². The highest BCUT2D eigenvalue weighted by Gasteiger charge is 2.27. The van der Waals surface area contributed by atoms with Gasteiger partial charge in [0.15, 0.2) is 0 Å². The number of aromatic nitrogens is 2. The van der Waals surface area contributed by atoms with E-state index in [1.165, 1.54) is 12.7 Å². The zero-order chi connectivity index (χ0) is 19.9. The van der Waals surface area contributed by atoms with E-state index < -0.39 is 0 Å². The number of carbonyl (C=O) groups is 2. The van der Waals surface area contributed by atoms with E-state index in [1.54, 1.807) is 0 Å². The number of likely N-dealkylation sites (tertiary alicyclic amines) is 1. The average molecular weight is 385 g/mol. The number of hydrogen-bond acceptors (Lipinski definition) is 6. The Kier molecular flexibility index (Phi) is 6.79. The minimum Gasteiger partial charge on any atom is -0.469 e. The van der Waals surface area contributed by atoms with Crippen LogP contribution in [0.4, 0.5) is 0 Å².